The van der Waals surface area contributed by atoms with Crippen LogP contribution >= 0.6 is 0 Å². The molecule has 4 bridgehead atoms. The second-order valence-electron chi connectivity index (χ2n) is 9.27. The van der Waals surface area contributed by atoms with Crippen molar-refractivity contribution in [1.82, 2.24) is 4.90 Å². The summed E-state index contributed by atoms with van der Waals surface area (Å²) in [6, 6.07) is 0. The molecule has 0 aromatic carbocycles. The molecule has 0 atom stereocenters. The zero-order valence-electron chi connectivity index (χ0n) is 15.2. The van der Waals surface area contributed by atoms with E-state index in [0.717, 1.165) is 37.0 Å². The molecule has 5 nitrogen and oxygen atoms in total. The van der Waals surface area contributed by atoms with Gasteiger partial charge < -0.3 is 14.7 Å². The molecule has 136 valence electrons. The molecule has 0 aromatic heterocycles. The predicted octanol–water partition coefficient (Wildman–Crippen LogP) is 4.06. The summed E-state index contributed by atoms with van der Waals surface area (Å²) in [5.41, 5.74) is -0.611. The fourth-order valence-electron chi connectivity index (χ4n) is 5.62. The van der Waals surface area contributed by atoms with Crippen LogP contribution in [-0.4, -0.2) is 39.8 Å². The van der Waals surface area contributed by atoms with Gasteiger partial charge in [0.25, 0.3) is 0 Å². The van der Waals surface area contributed by atoms with Crippen LogP contribution in [0.1, 0.15) is 72.1 Å². The van der Waals surface area contributed by atoms with Crippen molar-refractivity contribution in [3.8, 4) is 0 Å². The first kappa shape index (κ1) is 17.6. The van der Waals surface area contributed by atoms with Crippen molar-refractivity contribution in [3.05, 3.63) is 0 Å². The number of carboxylic acids is 1. The summed E-state index contributed by atoms with van der Waals surface area (Å²) in [5.74, 6) is 1.41. The van der Waals surface area contributed by atoms with Crippen molar-refractivity contribution in [2.75, 3.05) is 6.54 Å². The molecule has 24 heavy (non-hydrogen) atoms. The normalized spacial score (nSPS) is 34.2. The maximum atomic E-state index is 12.9. The summed E-state index contributed by atoms with van der Waals surface area (Å²) in [5, 5.41) is 8.95. The number of amides is 1. The molecule has 0 aliphatic heterocycles. The summed E-state index contributed by atoms with van der Waals surface area (Å²) in [7, 11) is 0. The molecule has 0 unspecified atom stereocenters. The van der Waals surface area contributed by atoms with E-state index in [-0.39, 0.29) is 18.1 Å². The molecule has 0 saturated heterocycles. The van der Waals surface area contributed by atoms with E-state index < -0.39 is 11.6 Å². The third-order valence-electron chi connectivity index (χ3n) is 5.96. The van der Waals surface area contributed by atoms with Crippen molar-refractivity contribution >= 4 is 12.1 Å². The van der Waals surface area contributed by atoms with E-state index in [2.05, 4.69) is 0 Å². The van der Waals surface area contributed by atoms with Gasteiger partial charge in [-0.25, -0.2) is 4.79 Å². The molecule has 1 amide bonds. The van der Waals surface area contributed by atoms with Gasteiger partial charge in [0.2, 0.25) is 0 Å². The van der Waals surface area contributed by atoms with Gasteiger partial charge in [-0.1, -0.05) is 0 Å². The number of carbonyl (C=O) groups excluding carboxylic acids is 1. The van der Waals surface area contributed by atoms with Gasteiger partial charge >= 0.3 is 12.1 Å². The summed E-state index contributed by atoms with van der Waals surface area (Å²) in [6.07, 6.45) is 7.52. The SMILES string of the molecule is CC(C)(C)OC(=O)N(CCCC(=O)O)C12CC3CC(CC(C3)C1)C2. The molecule has 0 radical (unpaired) electrons. The first-order chi connectivity index (χ1) is 11.2. The maximum absolute atomic E-state index is 12.9. The molecule has 1 N–H and O–H groups in total. The largest absolute Gasteiger partial charge is 0.481 e. The van der Waals surface area contributed by atoms with Crippen molar-refractivity contribution < 1.29 is 19.4 Å². The molecule has 4 aliphatic carbocycles. The molecule has 0 heterocycles. The lowest BCUT2D eigenvalue weighted by molar-refractivity contribution is -0.137. The standard InChI is InChI=1S/C19H31NO4/c1-18(2,3)24-17(23)20(6-4-5-16(21)22)19-10-13-7-14(11-19)9-15(8-13)12-19/h13-15H,4-12H2,1-3H3,(H,21,22). The second kappa shape index (κ2) is 6.23. The first-order valence-corrected chi connectivity index (χ1v) is 9.39. The Hall–Kier alpha value is -1.26. The molecule has 0 spiro atoms. The highest BCUT2D eigenvalue weighted by Gasteiger charge is 2.55. The Kier molecular flexibility index (Phi) is 4.56. The predicted molar refractivity (Wildman–Crippen MR) is 90.7 cm³/mol. The van der Waals surface area contributed by atoms with E-state index in [1.165, 1.54) is 19.3 Å². The number of carbonyl (C=O) groups is 2. The van der Waals surface area contributed by atoms with Crippen LogP contribution in [0.3, 0.4) is 0 Å². The summed E-state index contributed by atoms with van der Waals surface area (Å²) < 4.78 is 5.69. The zero-order valence-corrected chi connectivity index (χ0v) is 15.2. The van der Waals surface area contributed by atoms with Crippen LogP contribution < -0.4 is 0 Å². The van der Waals surface area contributed by atoms with E-state index in [4.69, 9.17) is 9.84 Å². The van der Waals surface area contributed by atoms with E-state index in [9.17, 15) is 9.59 Å². The number of nitrogens with zero attached hydrogens (tertiary/aromatic N) is 1. The van der Waals surface area contributed by atoms with E-state index in [0.29, 0.717) is 13.0 Å². The third kappa shape index (κ3) is 3.70. The Bertz CT molecular complexity index is 473. The van der Waals surface area contributed by atoms with E-state index in [1.54, 1.807) is 0 Å². The van der Waals surface area contributed by atoms with Gasteiger partial charge in [-0.05, 0) is 83.5 Å². The molecule has 4 rings (SSSR count). The zero-order chi connectivity index (χ0) is 17.5. The number of rotatable bonds is 5. The van der Waals surface area contributed by atoms with Crippen LogP contribution in [-0.2, 0) is 9.53 Å². The van der Waals surface area contributed by atoms with Gasteiger partial charge in [-0.3, -0.25) is 4.79 Å². The average Bonchev–Trinajstić information content (AvgIpc) is 2.39. The van der Waals surface area contributed by atoms with E-state index >= 15 is 0 Å². The topological polar surface area (TPSA) is 66.8 Å². The summed E-state index contributed by atoms with van der Waals surface area (Å²) in [6.45, 7) is 6.16. The van der Waals surface area contributed by atoms with Crippen molar-refractivity contribution in [2.24, 2.45) is 17.8 Å². The average molecular weight is 337 g/mol. The highest BCUT2D eigenvalue weighted by molar-refractivity contribution is 5.70. The van der Waals surface area contributed by atoms with Crippen LogP contribution in [0.25, 0.3) is 0 Å². The number of carboxylic acid groups (broad SMARTS) is 1. The molecule has 5 heteroatoms. The van der Waals surface area contributed by atoms with Crippen LogP contribution in [0, 0.1) is 17.8 Å². The molecule has 4 aliphatic rings. The van der Waals surface area contributed by atoms with Crippen LogP contribution in [0.2, 0.25) is 0 Å². The lowest BCUT2D eigenvalue weighted by Gasteiger charge is -2.60. The van der Waals surface area contributed by atoms with Crippen molar-refractivity contribution in [1.29, 1.82) is 0 Å². The van der Waals surface area contributed by atoms with Crippen LogP contribution in [0.5, 0.6) is 0 Å². The maximum Gasteiger partial charge on any atom is 0.410 e. The third-order valence-corrected chi connectivity index (χ3v) is 5.96. The first-order valence-electron chi connectivity index (χ1n) is 9.39. The number of hydrogen-bond acceptors (Lipinski definition) is 3. The Balaban J connectivity index is 1.78. The van der Waals surface area contributed by atoms with Gasteiger partial charge in [-0.2, -0.15) is 0 Å². The molecular weight excluding hydrogens is 306 g/mol. The summed E-state index contributed by atoms with van der Waals surface area (Å²) in [4.78, 5) is 25.7. The van der Waals surface area contributed by atoms with Crippen molar-refractivity contribution in [3.63, 3.8) is 0 Å². The molecular formula is C19H31NO4. The van der Waals surface area contributed by atoms with Crippen LogP contribution in [0.15, 0.2) is 0 Å². The van der Waals surface area contributed by atoms with E-state index in [1.807, 2.05) is 25.7 Å². The monoisotopic (exact) mass is 337 g/mol. The number of hydrogen-bond donors (Lipinski definition) is 1. The smallest absolute Gasteiger partial charge is 0.410 e. The Morgan fingerprint density at radius 2 is 1.58 bits per heavy atom. The lowest BCUT2D eigenvalue weighted by atomic mass is 9.52. The van der Waals surface area contributed by atoms with Gasteiger partial charge in [0.15, 0.2) is 0 Å². The molecule has 0 aromatic rings. The van der Waals surface area contributed by atoms with Gasteiger partial charge in [-0.15, -0.1) is 0 Å². The minimum Gasteiger partial charge on any atom is -0.481 e. The Labute approximate surface area is 144 Å². The highest BCUT2D eigenvalue weighted by atomic mass is 16.6. The highest BCUT2D eigenvalue weighted by Crippen LogP contribution is 2.58. The Morgan fingerprint density at radius 3 is 2.00 bits per heavy atom. The fraction of sp³-hybridized carbons (Fsp3) is 0.895. The molecule has 4 fully saturated rings. The number of ether oxygens (including phenoxy) is 1. The second-order valence-corrected chi connectivity index (χ2v) is 9.27. The summed E-state index contributed by atoms with van der Waals surface area (Å²) >= 11 is 0. The van der Waals surface area contributed by atoms with Crippen molar-refractivity contribution in [2.45, 2.75) is 83.3 Å². The minimum absolute atomic E-state index is 0.0877. The van der Waals surface area contributed by atoms with Gasteiger partial charge in [0.05, 0.1) is 0 Å². The fourth-order valence-corrected chi connectivity index (χ4v) is 5.62. The Morgan fingerprint density at radius 1 is 1.08 bits per heavy atom. The van der Waals surface area contributed by atoms with Gasteiger partial charge in [0, 0.05) is 18.5 Å². The van der Waals surface area contributed by atoms with Gasteiger partial charge in [0.1, 0.15) is 5.60 Å². The lowest BCUT2D eigenvalue weighted by Crippen LogP contribution is -2.62. The quantitative estimate of drug-likeness (QED) is 0.821. The molecule has 4 saturated carbocycles. The van der Waals surface area contributed by atoms with Crippen LogP contribution in [0.4, 0.5) is 4.79 Å². The minimum atomic E-state index is -0.801. The number of aliphatic carboxylic acids is 1.